The topological polar surface area (TPSA) is 66.8 Å². The Morgan fingerprint density at radius 1 is 1.26 bits per heavy atom. The summed E-state index contributed by atoms with van der Waals surface area (Å²) in [5.74, 6) is 0.273. The number of aromatic hydroxyl groups is 1. The van der Waals surface area contributed by atoms with Gasteiger partial charge >= 0.3 is 0 Å². The Morgan fingerprint density at radius 2 is 1.84 bits per heavy atom. The first-order valence-electron chi connectivity index (χ1n) is 6.16. The van der Waals surface area contributed by atoms with Gasteiger partial charge in [-0.15, -0.1) is 0 Å². The van der Waals surface area contributed by atoms with Gasteiger partial charge in [-0.2, -0.15) is 4.31 Å². The zero-order valence-electron chi connectivity index (χ0n) is 11.5. The van der Waals surface area contributed by atoms with Crippen molar-refractivity contribution in [2.75, 3.05) is 26.8 Å². The molecule has 108 valence electrons. The number of hydrogen-bond acceptors (Lipinski definition) is 4. The molecule has 0 aromatic heterocycles. The van der Waals surface area contributed by atoms with Crippen LogP contribution in [-0.4, -0.2) is 44.6 Å². The minimum atomic E-state index is -3.54. The van der Waals surface area contributed by atoms with Gasteiger partial charge in [-0.05, 0) is 30.2 Å². The summed E-state index contributed by atoms with van der Waals surface area (Å²) in [4.78, 5) is 0.182. The second kappa shape index (κ2) is 6.88. The van der Waals surface area contributed by atoms with Crippen LogP contribution in [0.2, 0.25) is 0 Å². The van der Waals surface area contributed by atoms with Crippen molar-refractivity contribution in [3.05, 3.63) is 24.3 Å². The van der Waals surface area contributed by atoms with Gasteiger partial charge in [-0.3, -0.25) is 0 Å². The predicted molar refractivity (Wildman–Crippen MR) is 73.6 cm³/mol. The molecular weight excluding hydrogens is 266 g/mol. The van der Waals surface area contributed by atoms with E-state index in [0.29, 0.717) is 19.7 Å². The fraction of sp³-hybridized carbons (Fsp3) is 0.538. The van der Waals surface area contributed by atoms with Crippen LogP contribution in [-0.2, 0) is 14.8 Å². The number of hydrogen-bond donors (Lipinski definition) is 1. The number of phenolic OH excluding ortho intramolecular Hbond substituents is 1. The summed E-state index contributed by atoms with van der Waals surface area (Å²) in [6.07, 6.45) is 0. The second-order valence-corrected chi connectivity index (χ2v) is 6.68. The molecule has 0 saturated carbocycles. The fourth-order valence-electron chi connectivity index (χ4n) is 1.68. The van der Waals surface area contributed by atoms with Crippen LogP contribution in [0.3, 0.4) is 0 Å². The Balaban J connectivity index is 3.00. The first-order chi connectivity index (χ1) is 8.87. The van der Waals surface area contributed by atoms with Gasteiger partial charge in [-0.1, -0.05) is 13.8 Å². The normalized spacial score (nSPS) is 12.3. The first kappa shape index (κ1) is 15.9. The van der Waals surface area contributed by atoms with E-state index in [2.05, 4.69) is 0 Å². The molecule has 0 atom stereocenters. The average Bonchev–Trinajstić information content (AvgIpc) is 2.34. The summed E-state index contributed by atoms with van der Waals surface area (Å²) in [6, 6.07) is 5.56. The van der Waals surface area contributed by atoms with E-state index >= 15 is 0 Å². The number of nitrogens with zero attached hydrogens (tertiary/aromatic N) is 1. The minimum Gasteiger partial charge on any atom is -0.508 e. The van der Waals surface area contributed by atoms with Crippen molar-refractivity contribution < 1.29 is 18.3 Å². The molecule has 1 rings (SSSR count). The maximum Gasteiger partial charge on any atom is 0.243 e. The molecule has 0 amide bonds. The third kappa shape index (κ3) is 4.49. The molecule has 0 aliphatic rings. The lowest BCUT2D eigenvalue weighted by Gasteiger charge is -2.23. The Kier molecular flexibility index (Phi) is 5.78. The van der Waals surface area contributed by atoms with Crippen LogP contribution in [0.4, 0.5) is 0 Å². The monoisotopic (exact) mass is 287 g/mol. The van der Waals surface area contributed by atoms with Gasteiger partial charge < -0.3 is 9.84 Å². The molecule has 1 aromatic rings. The molecule has 0 saturated heterocycles. The average molecular weight is 287 g/mol. The predicted octanol–water partition coefficient (Wildman–Crippen LogP) is 1.69. The van der Waals surface area contributed by atoms with E-state index in [4.69, 9.17) is 4.74 Å². The number of benzene rings is 1. The van der Waals surface area contributed by atoms with E-state index < -0.39 is 10.0 Å². The minimum absolute atomic E-state index is 0.0475. The van der Waals surface area contributed by atoms with Crippen LogP contribution in [0, 0.1) is 5.92 Å². The van der Waals surface area contributed by atoms with Crippen molar-refractivity contribution in [2.24, 2.45) is 5.92 Å². The highest BCUT2D eigenvalue weighted by Crippen LogP contribution is 2.19. The lowest BCUT2D eigenvalue weighted by Crippen LogP contribution is -2.36. The van der Waals surface area contributed by atoms with Gasteiger partial charge in [-0.25, -0.2) is 8.42 Å². The maximum absolute atomic E-state index is 12.5. The summed E-state index contributed by atoms with van der Waals surface area (Å²) in [5.41, 5.74) is 0. The molecule has 0 bridgehead atoms. The highest BCUT2D eigenvalue weighted by molar-refractivity contribution is 7.89. The Hall–Kier alpha value is -1.11. The number of methoxy groups -OCH3 is 1. The molecule has 0 aliphatic heterocycles. The zero-order valence-corrected chi connectivity index (χ0v) is 12.4. The Bertz CT molecular complexity index is 482. The molecule has 0 spiro atoms. The van der Waals surface area contributed by atoms with E-state index in [9.17, 15) is 13.5 Å². The number of rotatable bonds is 7. The van der Waals surface area contributed by atoms with Crippen molar-refractivity contribution in [1.29, 1.82) is 0 Å². The lowest BCUT2D eigenvalue weighted by molar-refractivity contribution is 0.175. The van der Waals surface area contributed by atoms with Crippen LogP contribution in [0.5, 0.6) is 5.75 Å². The van der Waals surface area contributed by atoms with Crippen molar-refractivity contribution >= 4 is 10.0 Å². The quantitative estimate of drug-likeness (QED) is 0.828. The lowest BCUT2D eigenvalue weighted by atomic mass is 10.2. The zero-order chi connectivity index (χ0) is 14.5. The smallest absolute Gasteiger partial charge is 0.243 e. The molecule has 0 heterocycles. The molecule has 5 nitrogen and oxygen atoms in total. The molecule has 0 aliphatic carbocycles. The number of sulfonamides is 1. The Labute approximate surface area is 114 Å². The molecule has 1 aromatic carbocycles. The summed E-state index contributed by atoms with van der Waals surface area (Å²) in [5, 5.41) is 9.22. The number of phenols is 1. The second-order valence-electron chi connectivity index (χ2n) is 4.74. The molecule has 6 heteroatoms. The standard InChI is InChI=1S/C13H21NO4S/c1-11(2)10-14(8-9-18-3)19(16,17)13-6-4-12(15)5-7-13/h4-7,11,15H,8-10H2,1-3H3. The van der Waals surface area contributed by atoms with E-state index in [-0.39, 0.29) is 16.6 Å². The Morgan fingerprint density at radius 3 is 2.32 bits per heavy atom. The van der Waals surface area contributed by atoms with E-state index in [0.717, 1.165) is 0 Å². The van der Waals surface area contributed by atoms with Gasteiger partial charge in [0.15, 0.2) is 0 Å². The van der Waals surface area contributed by atoms with Gasteiger partial charge in [0.2, 0.25) is 10.0 Å². The summed E-state index contributed by atoms with van der Waals surface area (Å²) in [6.45, 7) is 5.03. The molecule has 0 fully saturated rings. The third-order valence-corrected chi connectivity index (χ3v) is 4.47. The molecule has 0 unspecified atom stereocenters. The summed E-state index contributed by atoms with van der Waals surface area (Å²) in [7, 11) is -2.00. The van der Waals surface area contributed by atoms with Crippen molar-refractivity contribution in [3.8, 4) is 5.75 Å². The van der Waals surface area contributed by atoms with E-state index in [1.54, 1.807) is 7.11 Å². The van der Waals surface area contributed by atoms with Crippen LogP contribution >= 0.6 is 0 Å². The molecular formula is C13H21NO4S. The molecule has 19 heavy (non-hydrogen) atoms. The van der Waals surface area contributed by atoms with E-state index in [1.165, 1.54) is 28.6 Å². The number of ether oxygens (including phenoxy) is 1. The van der Waals surface area contributed by atoms with Crippen LogP contribution in [0.25, 0.3) is 0 Å². The van der Waals surface area contributed by atoms with Crippen molar-refractivity contribution in [2.45, 2.75) is 18.7 Å². The van der Waals surface area contributed by atoms with Crippen molar-refractivity contribution in [1.82, 2.24) is 4.31 Å². The molecule has 0 radical (unpaired) electrons. The summed E-state index contributed by atoms with van der Waals surface area (Å²) < 4.78 is 31.3. The SMILES string of the molecule is COCCN(CC(C)C)S(=O)(=O)c1ccc(O)cc1. The maximum atomic E-state index is 12.5. The van der Waals surface area contributed by atoms with Crippen LogP contribution < -0.4 is 0 Å². The highest BCUT2D eigenvalue weighted by Gasteiger charge is 2.24. The van der Waals surface area contributed by atoms with Crippen molar-refractivity contribution in [3.63, 3.8) is 0 Å². The fourth-order valence-corrected chi connectivity index (χ4v) is 3.26. The largest absolute Gasteiger partial charge is 0.508 e. The molecule has 1 N–H and O–H groups in total. The van der Waals surface area contributed by atoms with Gasteiger partial charge in [0.1, 0.15) is 5.75 Å². The van der Waals surface area contributed by atoms with Gasteiger partial charge in [0, 0.05) is 20.2 Å². The van der Waals surface area contributed by atoms with E-state index in [1.807, 2.05) is 13.8 Å². The van der Waals surface area contributed by atoms with Gasteiger partial charge in [0.25, 0.3) is 0 Å². The van der Waals surface area contributed by atoms with Crippen LogP contribution in [0.1, 0.15) is 13.8 Å². The third-order valence-electron chi connectivity index (χ3n) is 2.59. The highest BCUT2D eigenvalue weighted by atomic mass is 32.2. The first-order valence-corrected chi connectivity index (χ1v) is 7.60. The van der Waals surface area contributed by atoms with Crippen LogP contribution in [0.15, 0.2) is 29.2 Å². The van der Waals surface area contributed by atoms with Gasteiger partial charge in [0.05, 0.1) is 11.5 Å². The summed E-state index contributed by atoms with van der Waals surface area (Å²) >= 11 is 0.